The van der Waals surface area contributed by atoms with Crippen LogP contribution in [0.15, 0.2) is 28.6 Å². The first kappa shape index (κ1) is 19.2. The molecular weight excluding hydrogens is 386 g/mol. The Balaban J connectivity index is 1.74. The topological polar surface area (TPSA) is 90.3 Å². The lowest BCUT2D eigenvalue weighted by atomic mass is 10.2. The normalized spacial score (nSPS) is 10.9. The van der Waals surface area contributed by atoms with Gasteiger partial charge in [-0.1, -0.05) is 0 Å². The molecule has 1 amide bonds. The molecule has 9 heteroatoms. The standard InChI is InChI=1S/C18H19N3O4S2/c1-11-5-6-13(27-11)12-9-26-17-16(12)18(24)21(10-20-17)8-14(22)19-7-3-4-15(23)25-2/h5-6,9-10H,3-4,7-8H2,1-2H3,(H,19,22). The van der Waals surface area contributed by atoms with E-state index in [9.17, 15) is 14.4 Å². The van der Waals surface area contributed by atoms with Crippen LogP contribution in [0.25, 0.3) is 20.7 Å². The van der Waals surface area contributed by atoms with Gasteiger partial charge in [-0.05, 0) is 25.5 Å². The fraction of sp³-hybridized carbons (Fsp3) is 0.333. The van der Waals surface area contributed by atoms with Crippen LogP contribution < -0.4 is 10.9 Å². The molecule has 3 rings (SSSR count). The zero-order chi connectivity index (χ0) is 19.4. The molecule has 0 aliphatic carbocycles. The Morgan fingerprint density at radius 2 is 2.15 bits per heavy atom. The van der Waals surface area contributed by atoms with E-state index in [1.54, 1.807) is 11.3 Å². The van der Waals surface area contributed by atoms with Crippen molar-refractivity contribution in [2.24, 2.45) is 0 Å². The van der Waals surface area contributed by atoms with Crippen molar-refractivity contribution in [3.8, 4) is 10.4 Å². The minimum atomic E-state index is -0.316. The number of nitrogens with one attached hydrogen (secondary N) is 1. The molecule has 0 aliphatic rings. The first-order valence-electron chi connectivity index (χ1n) is 8.36. The van der Waals surface area contributed by atoms with Crippen molar-refractivity contribution in [1.82, 2.24) is 14.9 Å². The third-order valence-corrected chi connectivity index (χ3v) is 5.91. The number of rotatable bonds is 7. The van der Waals surface area contributed by atoms with Gasteiger partial charge in [0.2, 0.25) is 5.91 Å². The fourth-order valence-corrected chi connectivity index (χ4v) is 4.48. The maximum Gasteiger partial charge on any atom is 0.305 e. The Labute approximate surface area is 163 Å². The largest absolute Gasteiger partial charge is 0.469 e. The van der Waals surface area contributed by atoms with Gasteiger partial charge in [0.1, 0.15) is 11.4 Å². The second-order valence-corrected chi connectivity index (χ2v) is 8.09. The van der Waals surface area contributed by atoms with Crippen molar-refractivity contribution in [1.29, 1.82) is 0 Å². The minimum absolute atomic E-state index is 0.112. The molecule has 3 aromatic rings. The number of hydrogen-bond acceptors (Lipinski definition) is 7. The molecule has 0 aliphatic heterocycles. The highest BCUT2D eigenvalue weighted by molar-refractivity contribution is 7.19. The first-order chi connectivity index (χ1) is 13.0. The van der Waals surface area contributed by atoms with Crippen LogP contribution in [-0.4, -0.2) is 35.1 Å². The van der Waals surface area contributed by atoms with Crippen molar-refractivity contribution in [2.75, 3.05) is 13.7 Å². The molecule has 0 fully saturated rings. The highest BCUT2D eigenvalue weighted by atomic mass is 32.1. The molecule has 0 saturated heterocycles. The molecule has 3 heterocycles. The van der Waals surface area contributed by atoms with Gasteiger partial charge >= 0.3 is 5.97 Å². The van der Waals surface area contributed by atoms with Crippen molar-refractivity contribution < 1.29 is 14.3 Å². The molecule has 0 unspecified atom stereocenters. The van der Waals surface area contributed by atoms with Crippen LogP contribution in [0.2, 0.25) is 0 Å². The van der Waals surface area contributed by atoms with E-state index in [0.29, 0.717) is 23.2 Å². The van der Waals surface area contributed by atoms with Crippen LogP contribution in [0.1, 0.15) is 17.7 Å². The van der Waals surface area contributed by atoms with Gasteiger partial charge in [-0.25, -0.2) is 4.98 Å². The summed E-state index contributed by atoms with van der Waals surface area (Å²) in [7, 11) is 1.33. The lowest BCUT2D eigenvalue weighted by Gasteiger charge is -2.07. The number of aryl methyl sites for hydroxylation is 1. The Morgan fingerprint density at radius 1 is 1.33 bits per heavy atom. The Bertz CT molecular complexity index is 1030. The highest BCUT2D eigenvalue weighted by Crippen LogP contribution is 2.34. The molecule has 0 atom stereocenters. The van der Waals surface area contributed by atoms with Crippen LogP contribution in [0.5, 0.6) is 0 Å². The molecule has 3 aromatic heterocycles. The summed E-state index contributed by atoms with van der Waals surface area (Å²) in [5.41, 5.74) is 0.630. The zero-order valence-corrected chi connectivity index (χ0v) is 16.6. The Kier molecular flexibility index (Phi) is 6.02. The Hall–Kier alpha value is -2.52. The third-order valence-electron chi connectivity index (χ3n) is 3.99. The van der Waals surface area contributed by atoms with E-state index in [4.69, 9.17) is 0 Å². The van der Waals surface area contributed by atoms with E-state index in [1.165, 1.54) is 34.2 Å². The molecule has 0 radical (unpaired) electrons. The molecule has 0 bridgehead atoms. The summed E-state index contributed by atoms with van der Waals surface area (Å²) in [6.07, 6.45) is 2.12. The minimum Gasteiger partial charge on any atom is -0.469 e. The zero-order valence-electron chi connectivity index (χ0n) is 15.0. The second kappa shape index (κ2) is 8.45. The predicted octanol–water partition coefficient (Wildman–Crippen LogP) is 2.56. The fourth-order valence-electron chi connectivity index (χ4n) is 2.61. The number of methoxy groups -OCH3 is 1. The SMILES string of the molecule is COC(=O)CCCNC(=O)Cn1cnc2scc(-c3ccc(C)s3)c2c1=O. The van der Waals surface area contributed by atoms with Crippen molar-refractivity contribution in [3.63, 3.8) is 0 Å². The molecule has 0 aromatic carbocycles. The van der Waals surface area contributed by atoms with Gasteiger partial charge in [0.25, 0.3) is 5.56 Å². The lowest BCUT2D eigenvalue weighted by molar-refractivity contribution is -0.140. The van der Waals surface area contributed by atoms with E-state index in [2.05, 4.69) is 15.0 Å². The van der Waals surface area contributed by atoms with Crippen LogP contribution >= 0.6 is 22.7 Å². The molecule has 1 N–H and O–H groups in total. The summed E-state index contributed by atoms with van der Waals surface area (Å²) in [6.45, 7) is 2.25. The summed E-state index contributed by atoms with van der Waals surface area (Å²) in [5.74, 6) is -0.615. The van der Waals surface area contributed by atoms with Crippen LogP contribution in [0, 0.1) is 6.92 Å². The van der Waals surface area contributed by atoms with Crippen LogP contribution in [0.4, 0.5) is 0 Å². The first-order valence-corrected chi connectivity index (χ1v) is 10.1. The summed E-state index contributed by atoms with van der Waals surface area (Å²) < 4.78 is 5.86. The molecular formula is C18H19N3O4S2. The third kappa shape index (κ3) is 4.42. The summed E-state index contributed by atoms with van der Waals surface area (Å²) in [4.78, 5) is 43.2. The monoisotopic (exact) mass is 405 g/mol. The summed E-state index contributed by atoms with van der Waals surface area (Å²) >= 11 is 3.04. The Morgan fingerprint density at radius 3 is 2.85 bits per heavy atom. The predicted molar refractivity (Wildman–Crippen MR) is 106 cm³/mol. The molecule has 7 nitrogen and oxygen atoms in total. The number of carbonyl (C=O) groups excluding carboxylic acids is 2. The number of amides is 1. The van der Waals surface area contributed by atoms with Gasteiger partial charge in [-0.3, -0.25) is 19.0 Å². The maximum absolute atomic E-state index is 12.9. The molecule has 142 valence electrons. The van der Waals surface area contributed by atoms with Gasteiger partial charge in [0.05, 0.1) is 18.8 Å². The lowest BCUT2D eigenvalue weighted by Crippen LogP contribution is -2.33. The highest BCUT2D eigenvalue weighted by Gasteiger charge is 2.15. The average molecular weight is 406 g/mol. The van der Waals surface area contributed by atoms with E-state index in [1.807, 2.05) is 24.4 Å². The number of thiophene rings is 2. The van der Waals surface area contributed by atoms with E-state index >= 15 is 0 Å². The summed E-state index contributed by atoms with van der Waals surface area (Å²) in [6, 6.07) is 4.01. The quantitative estimate of drug-likeness (QED) is 0.482. The van der Waals surface area contributed by atoms with Crippen molar-refractivity contribution in [3.05, 3.63) is 39.1 Å². The summed E-state index contributed by atoms with van der Waals surface area (Å²) in [5, 5.41) is 5.18. The number of fused-ring (bicyclic) bond motifs is 1. The number of aromatic nitrogens is 2. The van der Waals surface area contributed by atoms with Gasteiger partial charge in [0.15, 0.2) is 0 Å². The molecule has 27 heavy (non-hydrogen) atoms. The smallest absolute Gasteiger partial charge is 0.305 e. The van der Waals surface area contributed by atoms with E-state index in [-0.39, 0.29) is 30.4 Å². The average Bonchev–Trinajstić information content (AvgIpc) is 3.27. The number of nitrogens with zero attached hydrogens (tertiary/aromatic N) is 2. The molecule has 0 saturated carbocycles. The number of hydrogen-bond donors (Lipinski definition) is 1. The van der Waals surface area contributed by atoms with Gasteiger partial charge < -0.3 is 10.1 Å². The number of ether oxygens (including phenoxy) is 1. The van der Waals surface area contributed by atoms with E-state index < -0.39 is 0 Å². The van der Waals surface area contributed by atoms with Gasteiger partial charge in [0, 0.05) is 33.7 Å². The van der Waals surface area contributed by atoms with Gasteiger partial charge in [-0.15, -0.1) is 22.7 Å². The second-order valence-electron chi connectivity index (χ2n) is 5.95. The van der Waals surface area contributed by atoms with Crippen LogP contribution in [-0.2, 0) is 20.9 Å². The number of esters is 1. The van der Waals surface area contributed by atoms with Crippen molar-refractivity contribution >= 4 is 44.8 Å². The van der Waals surface area contributed by atoms with E-state index in [0.717, 1.165) is 10.4 Å². The van der Waals surface area contributed by atoms with Crippen molar-refractivity contribution in [2.45, 2.75) is 26.3 Å². The molecule has 0 spiro atoms. The maximum atomic E-state index is 12.9. The number of carbonyl (C=O) groups is 2. The van der Waals surface area contributed by atoms with Crippen LogP contribution in [0.3, 0.4) is 0 Å². The van der Waals surface area contributed by atoms with Gasteiger partial charge in [-0.2, -0.15) is 0 Å².